The van der Waals surface area contributed by atoms with Crippen LogP contribution in [0.15, 0.2) is 12.1 Å². The first-order valence-corrected chi connectivity index (χ1v) is 5.79. The molecule has 1 saturated carbocycles. The number of nitrogens with zero attached hydrogens (tertiary/aromatic N) is 2. The monoisotopic (exact) mass is 271 g/mol. The number of nitriles is 1. The van der Waals surface area contributed by atoms with Crippen molar-refractivity contribution in [3.63, 3.8) is 0 Å². The van der Waals surface area contributed by atoms with Gasteiger partial charge < -0.3 is 10.5 Å². The van der Waals surface area contributed by atoms with Crippen LogP contribution in [0, 0.1) is 17.2 Å². The van der Waals surface area contributed by atoms with Crippen molar-refractivity contribution in [2.75, 3.05) is 6.54 Å². The van der Waals surface area contributed by atoms with Crippen LogP contribution in [0.25, 0.3) is 0 Å². The van der Waals surface area contributed by atoms with Gasteiger partial charge in [-0.3, -0.25) is 0 Å². The van der Waals surface area contributed by atoms with Crippen molar-refractivity contribution in [3.05, 3.63) is 23.4 Å². The molecule has 1 aromatic heterocycles. The molecule has 0 spiro atoms. The van der Waals surface area contributed by atoms with E-state index in [1.165, 1.54) is 0 Å². The highest BCUT2D eigenvalue weighted by molar-refractivity contribution is 5.39. The van der Waals surface area contributed by atoms with Gasteiger partial charge >= 0.3 is 6.18 Å². The fourth-order valence-electron chi connectivity index (χ4n) is 1.89. The van der Waals surface area contributed by atoms with Gasteiger partial charge in [0, 0.05) is 0 Å². The van der Waals surface area contributed by atoms with E-state index < -0.39 is 11.9 Å². The van der Waals surface area contributed by atoms with Crippen molar-refractivity contribution in [3.8, 4) is 11.9 Å². The van der Waals surface area contributed by atoms with E-state index in [1.54, 1.807) is 6.07 Å². The summed E-state index contributed by atoms with van der Waals surface area (Å²) >= 11 is 0. The van der Waals surface area contributed by atoms with Crippen LogP contribution in [0.2, 0.25) is 0 Å². The summed E-state index contributed by atoms with van der Waals surface area (Å²) in [6.07, 6.45) is -3.40. The Labute approximate surface area is 108 Å². The first-order chi connectivity index (χ1) is 8.94. The third-order valence-corrected chi connectivity index (χ3v) is 3.08. The van der Waals surface area contributed by atoms with E-state index in [0.717, 1.165) is 12.1 Å². The second kappa shape index (κ2) is 5.05. The molecule has 1 aromatic rings. The molecule has 2 N–H and O–H groups in total. The van der Waals surface area contributed by atoms with Gasteiger partial charge in [-0.1, -0.05) is 0 Å². The highest BCUT2D eigenvalue weighted by Crippen LogP contribution is 2.33. The van der Waals surface area contributed by atoms with Crippen LogP contribution in [0.1, 0.15) is 24.1 Å². The van der Waals surface area contributed by atoms with Gasteiger partial charge in [0.15, 0.2) is 0 Å². The van der Waals surface area contributed by atoms with E-state index in [9.17, 15) is 13.2 Å². The molecule has 1 heterocycles. The number of hydrogen-bond donors (Lipinski definition) is 1. The number of rotatable bonds is 3. The minimum Gasteiger partial charge on any atom is -0.473 e. The highest BCUT2D eigenvalue weighted by atomic mass is 19.4. The predicted octanol–water partition coefficient (Wildman–Crippen LogP) is 2.09. The molecule has 0 atom stereocenters. The summed E-state index contributed by atoms with van der Waals surface area (Å²) < 4.78 is 43.0. The summed E-state index contributed by atoms with van der Waals surface area (Å²) in [5.41, 5.74) is 4.40. The van der Waals surface area contributed by atoms with E-state index >= 15 is 0 Å². The van der Waals surface area contributed by atoms with Crippen LogP contribution >= 0.6 is 0 Å². The quantitative estimate of drug-likeness (QED) is 0.913. The van der Waals surface area contributed by atoms with Gasteiger partial charge in [-0.2, -0.15) is 18.4 Å². The van der Waals surface area contributed by atoms with Crippen molar-refractivity contribution in [2.45, 2.75) is 25.1 Å². The molecule has 4 nitrogen and oxygen atoms in total. The average molecular weight is 271 g/mol. The van der Waals surface area contributed by atoms with Crippen LogP contribution in [-0.2, 0) is 6.18 Å². The maximum Gasteiger partial charge on any atom is 0.433 e. The van der Waals surface area contributed by atoms with E-state index in [0.29, 0.717) is 25.3 Å². The number of halogens is 3. The van der Waals surface area contributed by atoms with Crippen LogP contribution in [0.5, 0.6) is 5.88 Å². The topological polar surface area (TPSA) is 71.9 Å². The molecule has 1 aliphatic carbocycles. The summed E-state index contributed by atoms with van der Waals surface area (Å²) in [5.74, 6) is 0.0825. The molecule has 0 amide bonds. The average Bonchev–Trinajstić information content (AvgIpc) is 2.31. The van der Waals surface area contributed by atoms with E-state index in [2.05, 4.69) is 4.98 Å². The fourth-order valence-corrected chi connectivity index (χ4v) is 1.89. The fraction of sp³-hybridized carbons (Fsp3) is 0.500. The Morgan fingerprint density at radius 3 is 2.63 bits per heavy atom. The van der Waals surface area contributed by atoms with E-state index in [-0.39, 0.29) is 17.5 Å². The number of hydrogen-bond acceptors (Lipinski definition) is 4. The van der Waals surface area contributed by atoms with Crippen LogP contribution in [0.4, 0.5) is 13.2 Å². The number of alkyl halides is 3. The van der Waals surface area contributed by atoms with Gasteiger partial charge in [0.1, 0.15) is 23.4 Å². The maximum absolute atomic E-state index is 12.5. The lowest BCUT2D eigenvalue weighted by atomic mass is 9.82. The Hall–Kier alpha value is -1.81. The smallest absolute Gasteiger partial charge is 0.433 e. The Balaban J connectivity index is 2.16. The van der Waals surface area contributed by atoms with Gasteiger partial charge in [-0.15, -0.1) is 0 Å². The first-order valence-electron chi connectivity index (χ1n) is 5.79. The lowest BCUT2D eigenvalue weighted by Gasteiger charge is -2.34. The van der Waals surface area contributed by atoms with Gasteiger partial charge in [0.2, 0.25) is 5.88 Å². The lowest BCUT2D eigenvalue weighted by Crippen LogP contribution is -2.38. The molecule has 1 fully saturated rings. The molecule has 0 aliphatic heterocycles. The normalized spacial score (nSPS) is 22.5. The Bertz CT molecular complexity index is 504. The summed E-state index contributed by atoms with van der Waals surface area (Å²) in [7, 11) is 0. The number of pyridine rings is 1. The van der Waals surface area contributed by atoms with Crippen molar-refractivity contribution < 1.29 is 17.9 Å². The second-order valence-corrected chi connectivity index (χ2v) is 4.47. The van der Waals surface area contributed by atoms with Crippen molar-refractivity contribution >= 4 is 0 Å². The first kappa shape index (κ1) is 13.6. The summed E-state index contributed by atoms with van der Waals surface area (Å²) in [5, 5.41) is 8.84. The van der Waals surface area contributed by atoms with Gasteiger partial charge in [-0.25, -0.2) is 4.98 Å². The maximum atomic E-state index is 12.5. The predicted molar refractivity (Wildman–Crippen MR) is 60.1 cm³/mol. The molecule has 0 unspecified atom stereocenters. The molecule has 0 saturated heterocycles. The molecule has 0 radical (unpaired) electrons. The number of nitrogens with two attached hydrogens (primary N) is 1. The van der Waals surface area contributed by atoms with Gasteiger partial charge in [-0.05, 0) is 37.4 Å². The minimum absolute atomic E-state index is 0.00389. The Morgan fingerprint density at radius 1 is 1.42 bits per heavy atom. The summed E-state index contributed by atoms with van der Waals surface area (Å²) in [6.45, 7) is 0.529. The van der Waals surface area contributed by atoms with Gasteiger partial charge in [0.25, 0.3) is 0 Å². The largest absolute Gasteiger partial charge is 0.473 e. The van der Waals surface area contributed by atoms with Crippen LogP contribution < -0.4 is 10.5 Å². The molecule has 0 aromatic carbocycles. The van der Waals surface area contributed by atoms with Crippen LogP contribution in [-0.4, -0.2) is 17.6 Å². The Kier molecular flexibility index (Phi) is 3.62. The molecule has 0 bridgehead atoms. The highest BCUT2D eigenvalue weighted by Gasteiger charge is 2.35. The second-order valence-electron chi connectivity index (χ2n) is 4.47. The van der Waals surface area contributed by atoms with Crippen molar-refractivity contribution in [1.29, 1.82) is 5.26 Å². The van der Waals surface area contributed by atoms with Crippen LogP contribution in [0.3, 0.4) is 0 Å². The molecule has 19 heavy (non-hydrogen) atoms. The molecule has 102 valence electrons. The van der Waals surface area contributed by atoms with Gasteiger partial charge in [0.05, 0.1) is 0 Å². The molecule has 1 aliphatic rings. The third-order valence-electron chi connectivity index (χ3n) is 3.08. The summed E-state index contributed by atoms with van der Waals surface area (Å²) in [4.78, 5) is 3.39. The lowest BCUT2D eigenvalue weighted by molar-refractivity contribution is -0.141. The van der Waals surface area contributed by atoms with E-state index in [1.807, 2.05) is 0 Å². The minimum atomic E-state index is -4.55. The molecular formula is C12H12F3N3O. The molecule has 2 rings (SSSR count). The SMILES string of the molecule is N#Cc1ccc(C(F)(F)F)nc1OC1CC(CN)C1. The number of aromatic nitrogens is 1. The molecular weight excluding hydrogens is 259 g/mol. The standard InChI is InChI=1S/C12H12F3N3O/c13-12(14,15)10-2-1-8(6-17)11(18-10)19-9-3-7(4-9)5-16/h1-2,7,9H,3-5,16H2. The zero-order valence-corrected chi connectivity index (χ0v) is 9.94. The third kappa shape index (κ3) is 2.96. The summed E-state index contributed by atoms with van der Waals surface area (Å²) in [6, 6.07) is 3.62. The van der Waals surface area contributed by atoms with E-state index in [4.69, 9.17) is 15.7 Å². The molecule has 7 heteroatoms. The zero-order chi connectivity index (χ0) is 14.0. The van der Waals surface area contributed by atoms with Crippen molar-refractivity contribution in [2.24, 2.45) is 11.7 Å². The number of ether oxygens (including phenoxy) is 1. The zero-order valence-electron chi connectivity index (χ0n) is 9.94. The Morgan fingerprint density at radius 2 is 2.11 bits per heavy atom. The van der Waals surface area contributed by atoms with Crippen molar-refractivity contribution in [1.82, 2.24) is 4.98 Å².